The molecule has 0 aliphatic carbocycles. The normalized spacial score (nSPS) is 23.9. The third-order valence-electron chi connectivity index (χ3n) is 2.90. The Morgan fingerprint density at radius 1 is 1.37 bits per heavy atom. The Kier molecular flexibility index (Phi) is 3.66. The highest BCUT2D eigenvalue weighted by atomic mass is 19.4. The van der Waals surface area contributed by atoms with Gasteiger partial charge in [0.05, 0.1) is 6.04 Å². The first-order valence-electron chi connectivity index (χ1n) is 5.76. The molecule has 1 aliphatic rings. The van der Waals surface area contributed by atoms with E-state index in [-0.39, 0.29) is 17.7 Å². The second-order valence-electron chi connectivity index (χ2n) is 4.37. The Morgan fingerprint density at radius 2 is 2.11 bits per heavy atom. The van der Waals surface area contributed by atoms with Gasteiger partial charge in [-0.3, -0.25) is 4.79 Å². The van der Waals surface area contributed by atoms with Crippen molar-refractivity contribution in [3.63, 3.8) is 0 Å². The summed E-state index contributed by atoms with van der Waals surface area (Å²) in [6.45, 7) is 0. The molecule has 0 radical (unpaired) electrons. The summed E-state index contributed by atoms with van der Waals surface area (Å²) in [5, 5.41) is 2.67. The molecule has 3 N–H and O–H groups in total. The number of nitrogens with one attached hydrogen (secondary N) is 1. The van der Waals surface area contributed by atoms with Crippen molar-refractivity contribution in [2.75, 3.05) is 0 Å². The van der Waals surface area contributed by atoms with Crippen molar-refractivity contribution in [2.24, 2.45) is 5.73 Å². The Hall–Kier alpha value is -1.76. The summed E-state index contributed by atoms with van der Waals surface area (Å²) in [7, 11) is 0. The van der Waals surface area contributed by atoms with Crippen molar-refractivity contribution < 1.29 is 22.7 Å². The first kappa shape index (κ1) is 13.7. The summed E-state index contributed by atoms with van der Waals surface area (Å²) >= 11 is 0. The van der Waals surface area contributed by atoms with Crippen LogP contribution in [0.3, 0.4) is 0 Å². The van der Waals surface area contributed by atoms with E-state index in [1.54, 1.807) is 6.07 Å². The molecule has 2 atom stereocenters. The van der Waals surface area contributed by atoms with Crippen LogP contribution in [0.4, 0.5) is 13.2 Å². The summed E-state index contributed by atoms with van der Waals surface area (Å²) in [4.78, 5) is 11.3. The lowest BCUT2D eigenvalue weighted by atomic mass is 9.92. The molecular weight excluding hydrogens is 261 g/mol. The molecule has 0 spiro atoms. The number of halogens is 3. The van der Waals surface area contributed by atoms with Crippen LogP contribution in [-0.4, -0.2) is 18.3 Å². The molecule has 1 amide bonds. The van der Waals surface area contributed by atoms with E-state index in [2.05, 4.69) is 10.1 Å². The van der Waals surface area contributed by atoms with Gasteiger partial charge in [0, 0.05) is 12.5 Å². The number of carbonyl (C=O) groups excluding carboxylic acids is 1. The molecule has 0 bridgehead atoms. The van der Waals surface area contributed by atoms with Crippen LogP contribution in [0.5, 0.6) is 5.75 Å². The summed E-state index contributed by atoms with van der Waals surface area (Å²) in [6.07, 6.45) is -3.91. The quantitative estimate of drug-likeness (QED) is 0.865. The second kappa shape index (κ2) is 5.08. The number of hydrogen-bond donors (Lipinski definition) is 2. The zero-order chi connectivity index (χ0) is 14.0. The smallest absolute Gasteiger partial charge is 0.406 e. The van der Waals surface area contributed by atoms with Crippen molar-refractivity contribution in [3.05, 3.63) is 29.8 Å². The van der Waals surface area contributed by atoms with Gasteiger partial charge in [0.2, 0.25) is 5.91 Å². The highest BCUT2D eigenvalue weighted by Gasteiger charge is 2.32. The van der Waals surface area contributed by atoms with Crippen molar-refractivity contribution in [1.29, 1.82) is 0 Å². The molecule has 1 heterocycles. The Bertz CT molecular complexity index is 476. The van der Waals surface area contributed by atoms with Gasteiger partial charge >= 0.3 is 6.36 Å². The lowest BCUT2D eigenvalue weighted by Gasteiger charge is -2.30. The highest BCUT2D eigenvalue weighted by Crippen LogP contribution is 2.28. The van der Waals surface area contributed by atoms with E-state index in [0.717, 1.165) is 0 Å². The zero-order valence-corrected chi connectivity index (χ0v) is 9.91. The van der Waals surface area contributed by atoms with E-state index in [1.807, 2.05) is 0 Å². The number of rotatable bonds is 2. The molecule has 104 valence electrons. The number of nitrogens with two attached hydrogens (primary N) is 1. The molecule has 1 aromatic carbocycles. The van der Waals surface area contributed by atoms with Crippen LogP contribution >= 0.6 is 0 Å². The monoisotopic (exact) mass is 274 g/mol. The minimum Gasteiger partial charge on any atom is -0.406 e. The van der Waals surface area contributed by atoms with Crippen LogP contribution in [0.2, 0.25) is 0 Å². The van der Waals surface area contributed by atoms with E-state index in [9.17, 15) is 18.0 Å². The maximum absolute atomic E-state index is 12.1. The number of carbonyl (C=O) groups is 1. The molecule has 7 heteroatoms. The highest BCUT2D eigenvalue weighted by molar-refractivity contribution is 5.77. The fraction of sp³-hybridized carbons (Fsp3) is 0.417. The number of ether oxygens (including phenoxy) is 1. The van der Waals surface area contributed by atoms with Gasteiger partial charge in [0.25, 0.3) is 0 Å². The second-order valence-corrected chi connectivity index (χ2v) is 4.37. The number of piperidine rings is 1. The van der Waals surface area contributed by atoms with Crippen LogP contribution in [0.25, 0.3) is 0 Å². The minimum absolute atomic E-state index is 0.158. The molecule has 0 aromatic heterocycles. The molecule has 1 saturated heterocycles. The van der Waals surface area contributed by atoms with Crippen molar-refractivity contribution in [2.45, 2.75) is 31.3 Å². The number of amides is 1. The summed E-state index contributed by atoms with van der Waals surface area (Å²) in [5.41, 5.74) is 6.37. The van der Waals surface area contributed by atoms with Crippen molar-refractivity contribution in [3.8, 4) is 5.75 Å². The van der Waals surface area contributed by atoms with Crippen LogP contribution in [0, 0.1) is 0 Å². The van der Waals surface area contributed by atoms with Gasteiger partial charge in [0.1, 0.15) is 5.75 Å². The molecule has 4 nitrogen and oxygen atoms in total. The molecule has 2 rings (SSSR count). The summed E-state index contributed by atoms with van der Waals surface area (Å²) in [6, 6.07) is 4.68. The Morgan fingerprint density at radius 3 is 2.79 bits per heavy atom. The van der Waals surface area contributed by atoms with E-state index in [4.69, 9.17) is 5.73 Å². The molecular formula is C12H13F3N2O2. The molecule has 1 fully saturated rings. The van der Waals surface area contributed by atoms with E-state index >= 15 is 0 Å². The maximum atomic E-state index is 12.1. The first-order valence-corrected chi connectivity index (χ1v) is 5.76. The standard InChI is InChI=1S/C12H13F3N2O2/c13-12(14,15)19-8-3-1-2-7(6-8)11-9(16)4-5-10(18)17-11/h1-3,6,9,11H,4-5,16H2,(H,17,18)/t9-,11-/m0/s1. The van der Waals surface area contributed by atoms with E-state index < -0.39 is 12.4 Å². The third-order valence-corrected chi connectivity index (χ3v) is 2.90. The van der Waals surface area contributed by atoms with Crippen molar-refractivity contribution in [1.82, 2.24) is 5.32 Å². The minimum atomic E-state index is -4.74. The predicted octanol–water partition coefficient (Wildman–Crippen LogP) is 1.86. The van der Waals surface area contributed by atoms with Gasteiger partial charge in [-0.2, -0.15) is 0 Å². The third kappa shape index (κ3) is 3.60. The van der Waals surface area contributed by atoms with Gasteiger partial charge in [-0.25, -0.2) is 0 Å². The zero-order valence-electron chi connectivity index (χ0n) is 9.91. The lowest BCUT2D eigenvalue weighted by molar-refractivity contribution is -0.274. The number of alkyl halides is 3. The van der Waals surface area contributed by atoms with Crippen molar-refractivity contribution >= 4 is 5.91 Å². The topological polar surface area (TPSA) is 64.4 Å². The van der Waals surface area contributed by atoms with E-state index in [0.29, 0.717) is 18.4 Å². The first-order chi connectivity index (χ1) is 8.85. The van der Waals surface area contributed by atoms with Crippen LogP contribution in [0.15, 0.2) is 24.3 Å². The fourth-order valence-corrected chi connectivity index (χ4v) is 2.05. The molecule has 0 saturated carbocycles. The largest absolute Gasteiger partial charge is 0.573 e. The number of hydrogen-bond acceptors (Lipinski definition) is 3. The fourth-order valence-electron chi connectivity index (χ4n) is 2.05. The van der Waals surface area contributed by atoms with Gasteiger partial charge in [-0.05, 0) is 24.1 Å². The molecule has 19 heavy (non-hydrogen) atoms. The van der Waals surface area contributed by atoms with Gasteiger partial charge in [-0.15, -0.1) is 13.2 Å². The van der Waals surface area contributed by atoms with Gasteiger partial charge in [-0.1, -0.05) is 12.1 Å². The average Bonchev–Trinajstić information content (AvgIpc) is 2.30. The Balaban J connectivity index is 2.20. The Labute approximate surface area is 107 Å². The van der Waals surface area contributed by atoms with Crippen LogP contribution in [0.1, 0.15) is 24.4 Å². The summed E-state index contributed by atoms with van der Waals surface area (Å²) < 4.78 is 40.3. The SMILES string of the molecule is N[C@H]1CCC(=O)N[C@H]1c1cccc(OC(F)(F)F)c1. The molecule has 0 unspecified atom stereocenters. The molecule has 1 aliphatic heterocycles. The maximum Gasteiger partial charge on any atom is 0.573 e. The lowest BCUT2D eigenvalue weighted by Crippen LogP contribution is -2.45. The van der Waals surface area contributed by atoms with Gasteiger partial charge < -0.3 is 15.8 Å². The number of benzene rings is 1. The van der Waals surface area contributed by atoms with E-state index in [1.165, 1.54) is 18.2 Å². The van der Waals surface area contributed by atoms with Gasteiger partial charge in [0.15, 0.2) is 0 Å². The van der Waals surface area contributed by atoms with Crippen LogP contribution in [-0.2, 0) is 4.79 Å². The predicted molar refractivity (Wildman–Crippen MR) is 61.2 cm³/mol. The molecule has 1 aromatic rings. The average molecular weight is 274 g/mol. The summed E-state index contributed by atoms with van der Waals surface area (Å²) in [5.74, 6) is -0.481. The van der Waals surface area contributed by atoms with Crippen LogP contribution < -0.4 is 15.8 Å².